The number of hydrogen-bond acceptors (Lipinski definition) is 3. The van der Waals surface area contributed by atoms with Crippen molar-refractivity contribution in [3.8, 4) is 11.1 Å². The number of amides is 2. The summed E-state index contributed by atoms with van der Waals surface area (Å²) in [6.07, 6.45) is 0.657. The van der Waals surface area contributed by atoms with E-state index >= 15 is 4.39 Å². The van der Waals surface area contributed by atoms with Gasteiger partial charge in [0.05, 0.1) is 6.04 Å². The molecule has 1 aliphatic rings. The normalized spacial score (nSPS) is 19.1. The summed E-state index contributed by atoms with van der Waals surface area (Å²) >= 11 is 0. The number of carbonyl (C=O) groups is 1. The molecule has 0 saturated carbocycles. The van der Waals surface area contributed by atoms with Crippen molar-refractivity contribution >= 4 is 16.2 Å². The van der Waals surface area contributed by atoms with E-state index in [1.54, 1.807) is 37.2 Å². The van der Waals surface area contributed by atoms with Gasteiger partial charge >= 0.3 is 6.03 Å². The molecule has 0 bridgehead atoms. The van der Waals surface area contributed by atoms with Crippen molar-refractivity contribution in [2.24, 2.45) is 0 Å². The lowest BCUT2D eigenvalue weighted by Gasteiger charge is -2.31. The molecule has 1 aliphatic heterocycles. The monoisotopic (exact) mass is 448 g/mol. The third-order valence-electron chi connectivity index (χ3n) is 5.55. The van der Waals surface area contributed by atoms with Crippen LogP contribution in [0.4, 0.5) is 9.18 Å². The summed E-state index contributed by atoms with van der Waals surface area (Å²) in [5, 5.41) is 0. The van der Waals surface area contributed by atoms with Crippen molar-refractivity contribution in [3.63, 3.8) is 0 Å². The van der Waals surface area contributed by atoms with E-state index in [0.717, 1.165) is 9.87 Å². The number of hydrogen-bond donors (Lipinski definition) is 1. The quantitative estimate of drug-likeness (QED) is 0.738. The lowest BCUT2D eigenvalue weighted by atomic mass is 9.96. The van der Waals surface area contributed by atoms with Gasteiger partial charge in [0.25, 0.3) is 10.2 Å². The molecule has 2 aromatic carbocycles. The molecule has 0 radical (unpaired) electrons. The second kappa shape index (κ2) is 9.33. The van der Waals surface area contributed by atoms with Gasteiger partial charge in [-0.05, 0) is 24.0 Å². The van der Waals surface area contributed by atoms with E-state index in [1.807, 2.05) is 30.3 Å². The van der Waals surface area contributed by atoms with Gasteiger partial charge in [0.1, 0.15) is 5.82 Å². The van der Waals surface area contributed by atoms with Crippen LogP contribution in [0, 0.1) is 5.82 Å². The second-order valence-electron chi connectivity index (χ2n) is 8.09. The van der Waals surface area contributed by atoms with E-state index < -0.39 is 22.3 Å². The molecule has 0 aromatic heterocycles. The summed E-state index contributed by atoms with van der Waals surface area (Å²) in [5.41, 5.74) is 1.69. The lowest BCUT2D eigenvalue weighted by Crippen LogP contribution is -2.52. The van der Waals surface area contributed by atoms with Crippen molar-refractivity contribution < 1.29 is 17.6 Å². The fourth-order valence-electron chi connectivity index (χ4n) is 3.84. The van der Waals surface area contributed by atoms with Crippen LogP contribution in [0.2, 0.25) is 0 Å². The fourth-order valence-corrected chi connectivity index (χ4v) is 4.71. The number of benzene rings is 2. The van der Waals surface area contributed by atoms with Crippen molar-refractivity contribution in [3.05, 3.63) is 59.9 Å². The smallest absolute Gasteiger partial charge is 0.319 e. The van der Waals surface area contributed by atoms with Crippen LogP contribution in [0.3, 0.4) is 0 Å². The largest absolute Gasteiger partial charge is 0.331 e. The van der Waals surface area contributed by atoms with E-state index in [0.29, 0.717) is 24.1 Å². The topological polar surface area (TPSA) is 73.0 Å². The Morgan fingerprint density at radius 3 is 2.39 bits per heavy atom. The number of likely N-dealkylation sites (tertiary alicyclic amines) is 1. The number of nitrogens with zero attached hydrogens (tertiary/aromatic N) is 3. The molecule has 0 aliphatic carbocycles. The number of carbonyl (C=O) groups excluding carboxylic acids is 1. The minimum Gasteiger partial charge on any atom is -0.331 e. The molecule has 0 unspecified atom stereocenters. The molecule has 1 saturated heterocycles. The fraction of sp³-hybridized carbons (Fsp3) is 0.409. The first-order chi connectivity index (χ1) is 14.6. The maximum absolute atomic E-state index is 15.4. The van der Waals surface area contributed by atoms with Gasteiger partial charge in [-0.2, -0.15) is 17.4 Å². The van der Waals surface area contributed by atoms with Crippen LogP contribution in [0.15, 0.2) is 48.5 Å². The second-order valence-corrected chi connectivity index (χ2v) is 10.0. The van der Waals surface area contributed by atoms with Gasteiger partial charge in [-0.1, -0.05) is 48.5 Å². The summed E-state index contributed by atoms with van der Waals surface area (Å²) in [6, 6.07) is 13.2. The van der Waals surface area contributed by atoms with Gasteiger partial charge in [-0.15, -0.1) is 0 Å². The Kier molecular flexibility index (Phi) is 6.98. The Bertz CT molecular complexity index is 1030. The molecule has 3 rings (SSSR count). The number of urea groups is 1. The molecule has 1 heterocycles. The van der Waals surface area contributed by atoms with Gasteiger partial charge in [0.15, 0.2) is 0 Å². The Morgan fingerprint density at radius 1 is 1.10 bits per heavy atom. The SMILES string of the molecule is CN(C)C(=O)N1CC[C@H](NS(=O)(=O)N(C)C)[C@@H]1Cc1cccc(-c2ccccc2)c1F. The highest BCUT2D eigenvalue weighted by atomic mass is 32.2. The standard InChI is InChI=1S/C22H29FN4O3S/c1-25(2)22(28)27-14-13-19(24-31(29,30)26(3)4)20(27)15-17-11-8-12-18(21(17)23)16-9-6-5-7-10-16/h5-12,19-20,24H,13-15H2,1-4H3/t19-,20-/m0/s1. The Morgan fingerprint density at radius 2 is 1.77 bits per heavy atom. The van der Waals surface area contributed by atoms with Crippen molar-refractivity contribution in [1.29, 1.82) is 0 Å². The summed E-state index contributed by atoms with van der Waals surface area (Å²) in [5.74, 6) is -0.355. The maximum atomic E-state index is 15.4. The molecule has 2 amide bonds. The summed E-state index contributed by atoms with van der Waals surface area (Å²) in [6.45, 7) is 0.391. The minimum absolute atomic E-state index is 0.201. The van der Waals surface area contributed by atoms with E-state index in [4.69, 9.17) is 0 Å². The van der Waals surface area contributed by atoms with Crippen molar-refractivity contribution in [1.82, 2.24) is 18.8 Å². The molecular weight excluding hydrogens is 419 g/mol. The van der Waals surface area contributed by atoms with Gasteiger partial charge in [-0.3, -0.25) is 0 Å². The summed E-state index contributed by atoms with van der Waals surface area (Å²) in [7, 11) is 2.48. The van der Waals surface area contributed by atoms with E-state index in [2.05, 4.69) is 4.72 Å². The molecule has 1 N–H and O–H groups in total. The van der Waals surface area contributed by atoms with E-state index in [9.17, 15) is 13.2 Å². The van der Waals surface area contributed by atoms with E-state index in [1.165, 1.54) is 19.0 Å². The highest BCUT2D eigenvalue weighted by Gasteiger charge is 2.40. The van der Waals surface area contributed by atoms with Crippen LogP contribution in [0.25, 0.3) is 11.1 Å². The molecule has 2 aromatic rings. The van der Waals surface area contributed by atoms with Gasteiger partial charge in [0.2, 0.25) is 0 Å². The average Bonchev–Trinajstić information content (AvgIpc) is 3.10. The third-order valence-corrected chi connectivity index (χ3v) is 7.11. The number of halogens is 1. The van der Waals surface area contributed by atoms with Gasteiger partial charge < -0.3 is 9.80 Å². The zero-order valence-corrected chi connectivity index (χ0v) is 19.1. The van der Waals surface area contributed by atoms with Crippen molar-refractivity contribution in [2.45, 2.75) is 24.9 Å². The lowest BCUT2D eigenvalue weighted by molar-refractivity contribution is 0.162. The van der Waals surface area contributed by atoms with Crippen molar-refractivity contribution in [2.75, 3.05) is 34.7 Å². The average molecular weight is 449 g/mol. The highest BCUT2D eigenvalue weighted by Crippen LogP contribution is 2.29. The van der Waals surface area contributed by atoms with Crippen LogP contribution < -0.4 is 4.72 Å². The first-order valence-corrected chi connectivity index (χ1v) is 11.6. The third kappa shape index (κ3) is 5.06. The maximum Gasteiger partial charge on any atom is 0.319 e. The number of rotatable bonds is 6. The predicted octanol–water partition coefficient (Wildman–Crippen LogP) is 2.56. The molecule has 0 spiro atoms. The van der Waals surface area contributed by atoms with Crippen LogP contribution in [0.1, 0.15) is 12.0 Å². The highest BCUT2D eigenvalue weighted by molar-refractivity contribution is 7.87. The zero-order valence-electron chi connectivity index (χ0n) is 18.2. The summed E-state index contributed by atoms with van der Waals surface area (Å²) in [4.78, 5) is 15.8. The molecule has 31 heavy (non-hydrogen) atoms. The molecule has 2 atom stereocenters. The molecular formula is C22H29FN4O3S. The first-order valence-electron chi connectivity index (χ1n) is 10.1. The van der Waals surface area contributed by atoms with E-state index in [-0.39, 0.29) is 18.3 Å². The molecule has 1 fully saturated rings. The Labute approximate surface area is 183 Å². The Hall–Kier alpha value is -2.49. The predicted molar refractivity (Wildman–Crippen MR) is 119 cm³/mol. The van der Waals surface area contributed by atoms with Gasteiger partial charge in [0, 0.05) is 46.3 Å². The zero-order chi connectivity index (χ0) is 22.8. The Balaban J connectivity index is 1.95. The van der Waals surface area contributed by atoms with Crippen LogP contribution in [0.5, 0.6) is 0 Å². The van der Waals surface area contributed by atoms with Gasteiger partial charge in [-0.25, -0.2) is 9.18 Å². The molecule has 7 nitrogen and oxygen atoms in total. The molecule has 9 heteroatoms. The van der Waals surface area contributed by atoms with Crippen LogP contribution in [-0.4, -0.2) is 75.4 Å². The van der Waals surface area contributed by atoms with Crippen LogP contribution >= 0.6 is 0 Å². The van der Waals surface area contributed by atoms with Crippen LogP contribution in [-0.2, 0) is 16.6 Å². The summed E-state index contributed by atoms with van der Waals surface area (Å²) < 4.78 is 44.1. The number of nitrogens with one attached hydrogen (secondary N) is 1. The minimum atomic E-state index is -3.70. The first kappa shape index (κ1) is 23.2. The molecule has 168 valence electrons.